The summed E-state index contributed by atoms with van der Waals surface area (Å²) in [4.78, 5) is 1.34. The molecule has 5 heteroatoms. The van der Waals surface area contributed by atoms with Gasteiger partial charge in [0.05, 0.1) is 7.22 Å². The summed E-state index contributed by atoms with van der Waals surface area (Å²) >= 11 is 11.8. The Balaban J connectivity index is 2.12. The standard InChI is InChI=1S/C12H13ClINS2/c1-2-15-10(8-5-12(14)16-7-8)6-9-3-4-11(13)17-9/h3-5,7,10,15H,2,6H2,1H3. The van der Waals surface area contributed by atoms with Crippen LogP contribution in [0.15, 0.2) is 23.6 Å². The molecule has 0 amide bonds. The van der Waals surface area contributed by atoms with Crippen molar-refractivity contribution in [3.8, 4) is 0 Å². The van der Waals surface area contributed by atoms with Crippen molar-refractivity contribution in [3.05, 3.63) is 41.2 Å². The fourth-order valence-electron chi connectivity index (χ4n) is 1.72. The average molecular weight is 398 g/mol. The zero-order valence-corrected chi connectivity index (χ0v) is 13.9. The second-order valence-corrected chi connectivity index (χ2v) is 8.31. The first-order valence-electron chi connectivity index (χ1n) is 5.40. The Hall–Kier alpha value is 0.380. The summed E-state index contributed by atoms with van der Waals surface area (Å²) < 4.78 is 2.21. The predicted octanol–water partition coefficient (Wildman–Crippen LogP) is 4.96. The summed E-state index contributed by atoms with van der Waals surface area (Å²) in [5.74, 6) is 0. The van der Waals surface area contributed by atoms with Crippen LogP contribution in [0.2, 0.25) is 4.34 Å². The molecule has 1 unspecified atom stereocenters. The molecule has 2 rings (SSSR count). The van der Waals surface area contributed by atoms with Crippen LogP contribution in [0.5, 0.6) is 0 Å². The summed E-state index contributed by atoms with van der Waals surface area (Å²) in [6, 6.07) is 6.75. The molecular formula is C12H13ClINS2. The number of nitrogens with one attached hydrogen (secondary N) is 1. The fourth-order valence-corrected chi connectivity index (χ4v) is 4.28. The molecular weight excluding hydrogens is 385 g/mol. The Kier molecular flexibility index (Phi) is 5.29. The highest BCUT2D eigenvalue weighted by Crippen LogP contribution is 2.29. The van der Waals surface area contributed by atoms with Crippen molar-refractivity contribution in [1.82, 2.24) is 5.32 Å². The van der Waals surface area contributed by atoms with Crippen LogP contribution in [0, 0.1) is 2.88 Å². The van der Waals surface area contributed by atoms with Gasteiger partial charge in [-0.15, -0.1) is 22.7 Å². The van der Waals surface area contributed by atoms with Crippen LogP contribution in [0.3, 0.4) is 0 Å². The van der Waals surface area contributed by atoms with Crippen LogP contribution in [0.1, 0.15) is 23.4 Å². The average Bonchev–Trinajstić information content (AvgIpc) is 2.87. The lowest BCUT2D eigenvalue weighted by atomic mass is 10.1. The largest absolute Gasteiger partial charge is 0.310 e. The summed E-state index contributed by atoms with van der Waals surface area (Å²) in [7, 11) is 0. The number of rotatable bonds is 5. The maximum atomic E-state index is 5.97. The van der Waals surface area contributed by atoms with Gasteiger partial charge in [-0.05, 0) is 58.3 Å². The molecule has 0 aliphatic rings. The third kappa shape index (κ3) is 3.92. The lowest BCUT2D eigenvalue weighted by Gasteiger charge is -2.15. The molecule has 1 nitrogen and oxygen atoms in total. The second-order valence-electron chi connectivity index (χ2n) is 3.70. The van der Waals surface area contributed by atoms with Crippen molar-refractivity contribution in [2.24, 2.45) is 0 Å². The molecule has 0 fully saturated rings. The van der Waals surface area contributed by atoms with Crippen LogP contribution in [-0.2, 0) is 6.42 Å². The normalized spacial score (nSPS) is 12.9. The van der Waals surface area contributed by atoms with E-state index < -0.39 is 0 Å². The molecule has 2 aromatic rings. The fraction of sp³-hybridized carbons (Fsp3) is 0.333. The van der Waals surface area contributed by atoms with Crippen LogP contribution < -0.4 is 5.32 Å². The molecule has 92 valence electrons. The van der Waals surface area contributed by atoms with Gasteiger partial charge in [0.15, 0.2) is 0 Å². The number of hydrogen-bond acceptors (Lipinski definition) is 3. The van der Waals surface area contributed by atoms with E-state index in [4.69, 9.17) is 11.6 Å². The van der Waals surface area contributed by atoms with Gasteiger partial charge < -0.3 is 5.32 Å². The first-order valence-corrected chi connectivity index (χ1v) is 8.56. The molecule has 0 aliphatic carbocycles. The Bertz CT molecular complexity index is 480. The summed E-state index contributed by atoms with van der Waals surface area (Å²) in [6.07, 6.45) is 1.01. The van der Waals surface area contributed by atoms with Crippen molar-refractivity contribution in [3.63, 3.8) is 0 Å². The lowest BCUT2D eigenvalue weighted by Crippen LogP contribution is -2.22. The smallest absolute Gasteiger partial charge is 0.0931 e. The molecule has 0 aromatic carbocycles. The minimum atomic E-state index is 0.398. The molecule has 0 spiro atoms. The molecule has 1 atom stereocenters. The molecule has 1 N–H and O–H groups in total. The highest BCUT2D eigenvalue weighted by molar-refractivity contribution is 14.1. The lowest BCUT2D eigenvalue weighted by molar-refractivity contribution is 0.555. The van der Waals surface area contributed by atoms with Crippen molar-refractivity contribution < 1.29 is 0 Å². The maximum Gasteiger partial charge on any atom is 0.0931 e. The van der Waals surface area contributed by atoms with Gasteiger partial charge in [0.1, 0.15) is 0 Å². The van der Waals surface area contributed by atoms with Crippen molar-refractivity contribution in [2.45, 2.75) is 19.4 Å². The minimum absolute atomic E-state index is 0.398. The van der Waals surface area contributed by atoms with Gasteiger partial charge in [0, 0.05) is 17.3 Å². The first-order chi connectivity index (χ1) is 8.19. The molecule has 2 heterocycles. The van der Waals surface area contributed by atoms with E-state index in [0.717, 1.165) is 17.3 Å². The van der Waals surface area contributed by atoms with Gasteiger partial charge in [-0.3, -0.25) is 0 Å². The molecule has 0 saturated heterocycles. The number of halogens is 2. The number of hydrogen-bond donors (Lipinski definition) is 1. The van der Waals surface area contributed by atoms with Crippen molar-refractivity contribution >= 4 is 56.9 Å². The zero-order chi connectivity index (χ0) is 12.3. The van der Waals surface area contributed by atoms with E-state index in [1.165, 1.54) is 13.3 Å². The van der Waals surface area contributed by atoms with Crippen LogP contribution in [0.4, 0.5) is 0 Å². The summed E-state index contributed by atoms with van der Waals surface area (Å²) in [5.41, 5.74) is 1.38. The Morgan fingerprint density at radius 3 is 2.82 bits per heavy atom. The second kappa shape index (κ2) is 6.52. The van der Waals surface area contributed by atoms with E-state index in [9.17, 15) is 0 Å². The van der Waals surface area contributed by atoms with E-state index in [1.807, 2.05) is 6.07 Å². The SMILES string of the molecule is CCNC(Cc1ccc(Cl)s1)c1csc(I)c1. The third-order valence-electron chi connectivity index (χ3n) is 2.47. The zero-order valence-electron chi connectivity index (χ0n) is 9.37. The van der Waals surface area contributed by atoms with Gasteiger partial charge in [-0.2, -0.15) is 0 Å². The van der Waals surface area contributed by atoms with Crippen LogP contribution >= 0.6 is 56.9 Å². The van der Waals surface area contributed by atoms with E-state index in [2.05, 4.69) is 52.3 Å². The van der Waals surface area contributed by atoms with Gasteiger partial charge in [0.2, 0.25) is 0 Å². The number of likely N-dealkylation sites (N-methyl/N-ethyl adjacent to an activating group) is 1. The monoisotopic (exact) mass is 397 g/mol. The van der Waals surface area contributed by atoms with Crippen molar-refractivity contribution in [2.75, 3.05) is 6.54 Å². The maximum absolute atomic E-state index is 5.97. The molecule has 17 heavy (non-hydrogen) atoms. The van der Waals surface area contributed by atoms with E-state index >= 15 is 0 Å². The van der Waals surface area contributed by atoms with Crippen molar-refractivity contribution in [1.29, 1.82) is 0 Å². The van der Waals surface area contributed by atoms with Crippen LogP contribution in [0.25, 0.3) is 0 Å². The number of thiophene rings is 2. The minimum Gasteiger partial charge on any atom is -0.310 e. The molecule has 0 aliphatic heterocycles. The summed E-state index contributed by atoms with van der Waals surface area (Å²) in [5, 5.41) is 5.78. The molecule has 2 aromatic heterocycles. The molecule has 0 radical (unpaired) electrons. The van der Waals surface area contributed by atoms with Crippen LogP contribution in [-0.4, -0.2) is 6.54 Å². The van der Waals surface area contributed by atoms with Gasteiger partial charge in [0.25, 0.3) is 0 Å². The van der Waals surface area contributed by atoms with E-state index in [1.54, 1.807) is 22.7 Å². The highest BCUT2D eigenvalue weighted by Gasteiger charge is 2.13. The Morgan fingerprint density at radius 2 is 2.29 bits per heavy atom. The Labute approximate surface area is 128 Å². The Morgan fingerprint density at radius 1 is 1.47 bits per heavy atom. The topological polar surface area (TPSA) is 12.0 Å². The summed E-state index contributed by atoms with van der Waals surface area (Å²) in [6.45, 7) is 3.13. The predicted molar refractivity (Wildman–Crippen MR) is 86.5 cm³/mol. The van der Waals surface area contributed by atoms with Gasteiger partial charge >= 0.3 is 0 Å². The molecule has 0 saturated carbocycles. The quantitative estimate of drug-likeness (QED) is 0.703. The van der Waals surface area contributed by atoms with E-state index in [0.29, 0.717) is 6.04 Å². The van der Waals surface area contributed by atoms with E-state index in [-0.39, 0.29) is 0 Å². The van der Waals surface area contributed by atoms with Gasteiger partial charge in [-0.1, -0.05) is 18.5 Å². The van der Waals surface area contributed by atoms with Gasteiger partial charge in [-0.25, -0.2) is 0 Å². The third-order valence-corrected chi connectivity index (χ3v) is 5.54. The highest BCUT2D eigenvalue weighted by atomic mass is 127. The first kappa shape index (κ1) is 13.8. The molecule has 0 bridgehead atoms.